The molecule has 2 heterocycles. The van der Waals surface area contributed by atoms with Crippen LogP contribution in [0.4, 0.5) is 0 Å². The summed E-state index contributed by atoms with van der Waals surface area (Å²) in [5.41, 5.74) is 1.72. The Balaban J connectivity index is 2.53. The normalized spacial score (nSPS) is 10.1. The fourth-order valence-electron chi connectivity index (χ4n) is 1.62. The number of nitrogens with zero attached hydrogens (tertiary/aromatic N) is 1. The smallest absolute Gasteiger partial charge is 0.307 e. The summed E-state index contributed by atoms with van der Waals surface area (Å²) in [5, 5.41) is 8.80. The van der Waals surface area contributed by atoms with Gasteiger partial charge in [0.25, 0.3) is 0 Å². The van der Waals surface area contributed by atoms with Gasteiger partial charge in [0.2, 0.25) is 5.56 Å². The van der Waals surface area contributed by atoms with E-state index in [-0.39, 0.29) is 12.0 Å². The monoisotopic (exact) mass is 230 g/mol. The lowest BCUT2D eigenvalue weighted by atomic mass is 10.0. The minimum absolute atomic E-state index is 0.179. The van der Waals surface area contributed by atoms with Crippen molar-refractivity contribution in [2.75, 3.05) is 0 Å². The maximum absolute atomic E-state index is 11.2. The molecule has 2 N–H and O–H groups in total. The lowest BCUT2D eigenvalue weighted by molar-refractivity contribution is -0.136. The summed E-state index contributed by atoms with van der Waals surface area (Å²) in [4.78, 5) is 28.4. The molecule has 5 nitrogen and oxygen atoms in total. The average molecular weight is 230 g/mol. The van der Waals surface area contributed by atoms with Gasteiger partial charge in [0.05, 0.1) is 6.42 Å². The van der Waals surface area contributed by atoms with Gasteiger partial charge in [0, 0.05) is 30.2 Å². The number of pyridine rings is 2. The summed E-state index contributed by atoms with van der Waals surface area (Å²) < 4.78 is 0. The fraction of sp³-hybridized carbons (Fsp3) is 0.0833. The second-order valence-corrected chi connectivity index (χ2v) is 3.54. The summed E-state index contributed by atoms with van der Waals surface area (Å²) in [6, 6.07) is 4.84. The topological polar surface area (TPSA) is 83.0 Å². The van der Waals surface area contributed by atoms with Gasteiger partial charge in [-0.15, -0.1) is 0 Å². The van der Waals surface area contributed by atoms with Gasteiger partial charge < -0.3 is 10.1 Å². The highest BCUT2D eigenvalue weighted by Gasteiger charge is 2.09. The van der Waals surface area contributed by atoms with Gasteiger partial charge in [0.1, 0.15) is 0 Å². The molecule has 0 unspecified atom stereocenters. The number of rotatable bonds is 3. The fourth-order valence-corrected chi connectivity index (χ4v) is 1.62. The molecule has 0 saturated carbocycles. The van der Waals surface area contributed by atoms with E-state index in [1.165, 1.54) is 12.3 Å². The van der Waals surface area contributed by atoms with Crippen LogP contribution in [0.1, 0.15) is 5.56 Å². The number of hydrogen-bond donors (Lipinski definition) is 2. The molecule has 0 spiro atoms. The van der Waals surface area contributed by atoms with Gasteiger partial charge in [0.15, 0.2) is 0 Å². The van der Waals surface area contributed by atoms with Crippen molar-refractivity contribution >= 4 is 5.97 Å². The number of carboxylic acid groups (broad SMARTS) is 1. The quantitative estimate of drug-likeness (QED) is 0.826. The zero-order valence-corrected chi connectivity index (χ0v) is 8.88. The van der Waals surface area contributed by atoms with Crippen LogP contribution in [0.25, 0.3) is 11.1 Å². The van der Waals surface area contributed by atoms with Crippen LogP contribution >= 0.6 is 0 Å². The molecule has 5 heteroatoms. The molecule has 0 aliphatic carbocycles. The van der Waals surface area contributed by atoms with Gasteiger partial charge in [-0.3, -0.25) is 14.6 Å². The van der Waals surface area contributed by atoms with E-state index >= 15 is 0 Å². The van der Waals surface area contributed by atoms with Crippen molar-refractivity contribution in [3.8, 4) is 11.1 Å². The van der Waals surface area contributed by atoms with Gasteiger partial charge in [-0.05, 0) is 23.3 Å². The number of aliphatic carboxylic acids is 1. The molecule has 17 heavy (non-hydrogen) atoms. The van der Waals surface area contributed by atoms with Crippen LogP contribution in [0.3, 0.4) is 0 Å². The first kappa shape index (κ1) is 11.1. The maximum Gasteiger partial charge on any atom is 0.307 e. The molecule has 2 aromatic heterocycles. The first-order valence-corrected chi connectivity index (χ1v) is 5.00. The minimum Gasteiger partial charge on any atom is -0.481 e. The zero-order valence-electron chi connectivity index (χ0n) is 8.88. The number of carboxylic acids is 1. The third-order valence-electron chi connectivity index (χ3n) is 2.34. The molecular weight excluding hydrogens is 220 g/mol. The van der Waals surface area contributed by atoms with Crippen molar-refractivity contribution in [1.82, 2.24) is 9.97 Å². The van der Waals surface area contributed by atoms with Gasteiger partial charge in [-0.2, -0.15) is 0 Å². The molecule has 0 aliphatic heterocycles. The maximum atomic E-state index is 11.2. The molecule has 0 aliphatic rings. The Hall–Kier alpha value is -2.43. The van der Waals surface area contributed by atoms with E-state index in [4.69, 9.17) is 5.11 Å². The summed E-state index contributed by atoms with van der Waals surface area (Å²) in [7, 11) is 0. The predicted octanol–water partition coefficient (Wildman–Crippen LogP) is 1.06. The third-order valence-corrected chi connectivity index (χ3v) is 2.34. The van der Waals surface area contributed by atoms with E-state index < -0.39 is 5.97 Å². The second-order valence-electron chi connectivity index (χ2n) is 3.54. The van der Waals surface area contributed by atoms with E-state index in [1.807, 2.05) is 0 Å². The highest BCUT2D eigenvalue weighted by molar-refractivity contribution is 5.75. The van der Waals surface area contributed by atoms with Gasteiger partial charge in [-0.1, -0.05) is 0 Å². The van der Waals surface area contributed by atoms with Gasteiger partial charge >= 0.3 is 5.97 Å². The average Bonchev–Trinajstić information content (AvgIpc) is 2.29. The lowest BCUT2D eigenvalue weighted by Gasteiger charge is -2.06. The molecule has 86 valence electrons. The molecule has 2 rings (SSSR count). The Labute approximate surface area is 96.8 Å². The van der Waals surface area contributed by atoms with Crippen LogP contribution in [0, 0.1) is 0 Å². The lowest BCUT2D eigenvalue weighted by Crippen LogP contribution is -2.10. The Kier molecular flexibility index (Phi) is 3.00. The molecule has 0 bridgehead atoms. The van der Waals surface area contributed by atoms with Crippen molar-refractivity contribution < 1.29 is 9.90 Å². The third kappa shape index (κ3) is 2.57. The Morgan fingerprint density at radius 1 is 1.35 bits per heavy atom. The number of carbonyl (C=O) groups is 1. The number of aromatic nitrogens is 2. The largest absolute Gasteiger partial charge is 0.481 e. The first-order valence-electron chi connectivity index (χ1n) is 5.00. The zero-order chi connectivity index (χ0) is 12.3. The molecule has 0 atom stereocenters. The molecule has 0 fully saturated rings. The number of aromatic amines is 1. The second kappa shape index (κ2) is 4.61. The number of H-pyrrole nitrogens is 1. The Morgan fingerprint density at radius 2 is 2.06 bits per heavy atom. The van der Waals surface area contributed by atoms with Gasteiger partial charge in [-0.25, -0.2) is 0 Å². The van der Waals surface area contributed by atoms with Crippen LogP contribution in [-0.2, 0) is 11.2 Å². The van der Waals surface area contributed by atoms with Crippen molar-refractivity contribution in [1.29, 1.82) is 0 Å². The Morgan fingerprint density at radius 3 is 2.71 bits per heavy atom. The first-order chi connectivity index (χ1) is 8.16. The number of nitrogens with one attached hydrogen (secondary N) is 1. The summed E-state index contributed by atoms with van der Waals surface area (Å²) in [6.45, 7) is 0. The SMILES string of the molecule is O=C(O)Cc1cc(=O)[nH]cc1-c1ccncc1. The molecule has 0 radical (unpaired) electrons. The predicted molar refractivity (Wildman–Crippen MR) is 61.6 cm³/mol. The van der Waals surface area contributed by atoms with E-state index in [1.54, 1.807) is 24.5 Å². The van der Waals surface area contributed by atoms with E-state index in [9.17, 15) is 9.59 Å². The van der Waals surface area contributed by atoms with Crippen molar-refractivity contribution in [2.45, 2.75) is 6.42 Å². The van der Waals surface area contributed by atoms with Crippen molar-refractivity contribution in [2.24, 2.45) is 0 Å². The highest BCUT2D eigenvalue weighted by Crippen LogP contribution is 2.21. The minimum atomic E-state index is -0.967. The molecular formula is C12H10N2O3. The number of hydrogen-bond acceptors (Lipinski definition) is 3. The van der Waals surface area contributed by atoms with E-state index in [0.29, 0.717) is 11.1 Å². The summed E-state index contributed by atoms with van der Waals surface area (Å²) in [6.07, 6.45) is 4.58. The molecule has 0 saturated heterocycles. The van der Waals surface area contributed by atoms with Crippen LogP contribution < -0.4 is 5.56 Å². The van der Waals surface area contributed by atoms with E-state index in [0.717, 1.165) is 5.56 Å². The van der Waals surface area contributed by atoms with Crippen LogP contribution in [0.2, 0.25) is 0 Å². The Bertz CT molecular complexity index is 590. The molecule has 0 aromatic carbocycles. The van der Waals surface area contributed by atoms with E-state index in [2.05, 4.69) is 9.97 Å². The summed E-state index contributed by atoms with van der Waals surface area (Å²) >= 11 is 0. The standard InChI is InChI=1S/C12H10N2O3/c15-11-5-9(6-12(16)17)10(7-14-11)8-1-3-13-4-2-8/h1-5,7H,6H2,(H,14,15)(H,16,17). The molecule has 0 amide bonds. The summed E-state index contributed by atoms with van der Waals surface area (Å²) in [5.74, 6) is -0.967. The van der Waals surface area contributed by atoms with Crippen LogP contribution in [-0.4, -0.2) is 21.0 Å². The highest BCUT2D eigenvalue weighted by atomic mass is 16.4. The van der Waals surface area contributed by atoms with Crippen molar-refractivity contribution in [3.05, 3.63) is 52.7 Å². The van der Waals surface area contributed by atoms with Crippen LogP contribution in [0.5, 0.6) is 0 Å². The van der Waals surface area contributed by atoms with Crippen molar-refractivity contribution in [3.63, 3.8) is 0 Å². The van der Waals surface area contributed by atoms with Crippen LogP contribution in [0.15, 0.2) is 41.6 Å². The molecule has 2 aromatic rings.